The summed E-state index contributed by atoms with van der Waals surface area (Å²) in [5, 5.41) is 16.0. The molecule has 0 aliphatic carbocycles. The summed E-state index contributed by atoms with van der Waals surface area (Å²) in [4.78, 5) is 12.7. The second kappa shape index (κ2) is 11.3. The molecule has 1 amide bonds. The van der Waals surface area contributed by atoms with Crippen molar-refractivity contribution >= 4 is 22.9 Å². The van der Waals surface area contributed by atoms with Gasteiger partial charge in [0.05, 0.1) is 18.3 Å². The van der Waals surface area contributed by atoms with Gasteiger partial charge in [-0.1, -0.05) is 42.5 Å². The van der Waals surface area contributed by atoms with Gasteiger partial charge in [-0.2, -0.15) is 13.2 Å². The first-order chi connectivity index (χ1) is 17.7. The van der Waals surface area contributed by atoms with Crippen LogP contribution in [0.25, 0.3) is 5.57 Å². The first-order valence-electron chi connectivity index (χ1n) is 11.9. The standard InChI is InChI=1S/C29H27F3N2O3/c1-2-37-23-15-11-20(12-16-23)24(19-9-13-21(14-10-19)29(30,31)32)5-3-8-28(36)34-27-7-4-6-26-25(27)17-22(35)18-33-26/h3-16,22,33,35H,2,17-18H2,1H3,(H,34,36)/b8-3+,24-5+. The van der Waals surface area contributed by atoms with Gasteiger partial charge in [0.25, 0.3) is 0 Å². The number of allylic oxidation sites excluding steroid dienone is 2. The summed E-state index contributed by atoms with van der Waals surface area (Å²) >= 11 is 0. The Morgan fingerprint density at radius 3 is 2.41 bits per heavy atom. The van der Waals surface area contributed by atoms with Gasteiger partial charge >= 0.3 is 6.18 Å². The minimum Gasteiger partial charge on any atom is -0.494 e. The Morgan fingerprint density at radius 2 is 1.76 bits per heavy atom. The van der Waals surface area contributed by atoms with Crippen LogP contribution in [-0.2, 0) is 17.4 Å². The third-order valence-corrected chi connectivity index (χ3v) is 5.91. The molecule has 0 saturated carbocycles. The van der Waals surface area contributed by atoms with Crippen molar-refractivity contribution in [1.82, 2.24) is 0 Å². The lowest BCUT2D eigenvalue weighted by molar-refractivity contribution is -0.137. The van der Waals surface area contributed by atoms with Crippen LogP contribution in [0.2, 0.25) is 0 Å². The summed E-state index contributed by atoms with van der Waals surface area (Å²) in [6.45, 7) is 2.84. The number of amides is 1. The number of benzene rings is 3. The van der Waals surface area contributed by atoms with Crippen LogP contribution in [0.4, 0.5) is 24.5 Å². The summed E-state index contributed by atoms with van der Waals surface area (Å²) < 4.78 is 44.7. The number of fused-ring (bicyclic) bond motifs is 1. The van der Waals surface area contributed by atoms with Gasteiger partial charge in [0.2, 0.25) is 5.91 Å². The molecule has 1 aliphatic heterocycles. The normalized spacial score (nSPS) is 15.7. The number of carbonyl (C=O) groups excluding carboxylic acids is 1. The molecule has 1 heterocycles. The van der Waals surface area contributed by atoms with Crippen LogP contribution >= 0.6 is 0 Å². The number of rotatable bonds is 7. The Bertz CT molecular complexity index is 1300. The highest BCUT2D eigenvalue weighted by Crippen LogP contribution is 2.32. The van der Waals surface area contributed by atoms with Gasteiger partial charge in [0.15, 0.2) is 0 Å². The molecule has 0 spiro atoms. The maximum Gasteiger partial charge on any atom is 0.416 e. The second-order valence-electron chi connectivity index (χ2n) is 8.53. The van der Waals surface area contributed by atoms with Crippen molar-refractivity contribution in [2.24, 2.45) is 0 Å². The molecule has 0 fully saturated rings. The molecule has 8 heteroatoms. The number of halogens is 3. The number of nitrogens with one attached hydrogen (secondary N) is 2. The zero-order chi connectivity index (χ0) is 26.4. The van der Waals surface area contributed by atoms with Crippen LogP contribution in [0.5, 0.6) is 5.75 Å². The molecule has 1 atom stereocenters. The van der Waals surface area contributed by atoms with E-state index in [1.807, 2.05) is 31.2 Å². The van der Waals surface area contributed by atoms with Gasteiger partial charge in [0, 0.05) is 36.0 Å². The van der Waals surface area contributed by atoms with E-state index in [1.165, 1.54) is 18.2 Å². The van der Waals surface area contributed by atoms with E-state index in [-0.39, 0.29) is 5.91 Å². The highest BCUT2D eigenvalue weighted by molar-refractivity contribution is 6.00. The third kappa shape index (κ3) is 6.59. The lowest BCUT2D eigenvalue weighted by Gasteiger charge is -2.24. The number of aliphatic hydroxyl groups is 1. The van der Waals surface area contributed by atoms with E-state index in [2.05, 4.69) is 10.6 Å². The molecule has 0 aromatic heterocycles. The van der Waals surface area contributed by atoms with Crippen molar-refractivity contribution in [2.75, 3.05) is 23.8 Å². The quantitative estimate of drug-likeness (QED) is 0.268. The number of hydrogen-bond acceptors (Lipinski definition) is 4. The van der Waals surface area contributed by atoms with Crippen molar-refractivity contribution < 1.29 is 27.8 Å². The Balaban J connectivity index is 1.58. The number of aliphatic hydroxyl groups excluding tert-OH is 1. The van der Waals surface area contributed by atoms with E-state index >= 15 is 0 Å². The van der Waals surface area contributed by atoms with E-state index < -0.39 is 17.8 Å². The van der Waals surface area contributed by atoms with Crippen molar-refractivity contribution in [1.29, 1.82) is 0 Å². The van der Waals surface area contributed by atoms with E-state index in [0.717, 1.165) is 28.9 Å². The Morgan fingerprint density at radius 1 is 1.08 bits per heavy atom. The van der Waals surface area contributed by atoms with Crippen molar-refractivity contribution in [3.8, 4) is 5.75 Å². The average molecular weight is 509 g/mol. The molecule has 1 unspecified atom stereocenters. The van der Waals surface area contributed by atoms with Crippen LogP contribution < -0.4 is 15.4 Å². The first-order valence-corrected chi connectivity index (χ1v) is 11.9. The number of carbonyl (C=O) groups is 1. The molecular weight excluding hydrogens is 481 g/mol. The minimum atomic E-state index is -4.43. The summed E-state index contributed by atoms with van der Waals surface area (Å²) in [7, 11) is 0. The number of anilines is 2. The van der Waals surface area contributed by atoms with Gasteiger partial charge < -0.3 is 20.5 Å². The van der Waals surface area contributed by atoms with Crippen LogP contribution in [0.3, 0.4) is 0 Å². The smallest absolute Gasteiger partial charge is 0.416 e. The summed E-state index contributed by atoms with van der Waals surface area (Å²) in [5.74, 6) is 0.307. The fourth-order valence-electron chi connectivity index (χ4n) is 4.13. The van der Waals surface area contributed by atoms with E-state index in [9.17, 15) is 23.1 Å². The Labute approximate surface area is 213 Å². The molecule has 0 saturated heterocycles. The van der Waals surface area contributed by atoms with Gasteiger partial charge in [0.1, 0.15) is 5.75 Å². The van der Waals surface area contributed by atoms with Crippen molar-refractivity contribution in [3.05, 3.63) is 107 Å². The zero-order valence-electron chi connectivity index (χ0n) is 20.2. The van der Waals surface area contributed by atoms with E-state index in [4.69, 9.17) is 4.74 Å². The predicted molar refractivity (Wildman–Crippen MR) is 139 cm³/mol. The van der Waals surface area contributed by atoms with Crippen LogP contribution in [0, 0.1) is 0 Å². The molecule has 1 aliphatic rings. The monoisotopic (exact) mass is 508 g/mol. The van der Waals surface area contributed by atoms with Crippen LogP contribution in [0.1, 0.15) is 29.2 Å². The molecule has 4 rings (SSSR count). The lowest BCUT2D eigenvalue weighted by Crippen LogP contribution is -2.28. The molecule has 0 radical (unpaired) electrons. The average Bonchev–Trinajstić information content (AvgIpc) is 2.87. The molecule has 192 valence electrons. The third-order valence-electron chi connectivity index (χ3n) is 5.91. The number of β-amino-alcohol motifs (C(OH)–C–C–N with tert-alkyl or cyclic N) is 1. The predicted octanol–water partition coefficient (Wildman–Crippen LogP) is 6.06. The highest BCUT2D eigenvalue weighted by Gasteiger charge is 2.30. The molecule has 0 bridgehead atoms. The molecule has 3 aromatic rings. The van der Waals surface area contributed by atoms with Gasteiger partial charge in [-0.25, -0.2) is 0 Å². The molecule has 37 heavy (non-hydrogen) atoms. The molecule has 3 aromatic carbocycles. The number of alkyl halides is 3. The molecular formula is C29H27F3N2O3. The second-order valence-corrected chi connectivity index (χ2v) is 8.53. The molecule has 3 N–H and O–H groups in total. The summed E-state index contributed by atoms with van der Waals surface area (Å²) in [6, 6.07) is 17.6. The minimum absolute atomic E-state index is 0.372. The van der Waals surface area contributed by atoms with Gasteiger partial charge in [-0.15, -0.1) is 0 Å². The fraction of sp³-hybridized carbons (Fsp3) is 0.207. The van der Waals surface area contributed by atoms with Crippen LogP contribution in [-0.4, -0.2) is 30.3 Å². The van der Waals surface area contributed by atoms with E-state index in [1.54, 1.807) is 30.4 Å². The largest absolute Gasteiger partial charge is 0.494 e. The van der Waals surface area contributed by atoms with Crippen molar-refractivity contribution in [2.45, 2.75) is 25.6 Å². The number of hydrogen-bond donors (Lipinski definition) is 3. The van der Waals surface area contributed by atoms with Gasteiger partial charge in [-0.05, 0) is 60.0 Å². The number of ether oxygens (including phenoxy) is 1. The van der Waals surface area contributed by atoms with E-state index in [0.29, 0.717) is 42.1 Å². The maximum absolute atomic E-state index is 13.1. The Hall–Kier alpha value is -4.04. The summed E-state index contributed by atoms with van der Waals surface area (Å²) in [5.41, 5.74) is 3.54. The topological polar surface area (TPSA) is 70.6 Å². The SMILES string of the molecule is CCOc1ccc(/C(=C/C=C/C(=O)Nc2cccc3c2CC(O)CN3)c2ccc(C(F)(F)F)cc2)cc1. The highest BCUT2D eigenvalue weighted by atomic mass is 19.4. The van der Waals surface area contributed by atoms with Crippen molar-refractivity contribution in [3.63, 3.8) is 0 Å². The Kier molecular flexibility index (Phi) is 7.98. The fourth-order valence-corrected chi connectivity index (χ4v) is 4.13. The summed E-state index contributed by atoms with van der Waals surface area (Å²) in [6.07, 6.45) is 0.0553. The lowest BCUT2D eigenvalue weighted by atomic mass is 9.96. The zero-order valence-corrected chi connectivity index (χ0v) is 20.2. The molecule has 5 nitrogen and oxygen atoms in total. The maximum atomic E-state index is 13.1. The van der Waals surface area contributed by atoms with Crippen LogP contribution in [0.15, 0.2) is 85.0 Å². The first kappa shape index (κ1) is 26.0. The van der Waals surface area contributed by atoms with Gasteiger partial charge in [-0.3, -0.25) is 4.79 Å².